The molecule has 0 aliphatic heterocycles. The van der Waals surface area contributed by atoms with Gasteiger partial charge in [0.25, 0.3) is 0 Å². The van der Waals surface area contributed by atoms with Gasteiger partial charge in [0.05, 0.1) is 13.2 Å². The Morgan fingerprint density at radius 1 is 0.963 bits per heavy atom. The van der Waals surface area contributed by atoms with Crippen LogP contribution in [0, 0.1) is 6.92 Å². The number of nitrogens with zero attached hydrogens (tertiary/aromatic N) is 1. The van der Waals surface area contributed by atoms with Crippen LogP contribution in [0.25, 0.3) is 11.1 Å². The van der Waals surface area contributed by atoms with Crippen molar-refractivity contribution < 1.29 is 9.47 Å². The Morgan fingerprint density at radius 3 is 2.48 bits per heavy atom. The third-order valence-electron chi connectivity index (χ3n) is 4.15. The maximum Gasteiger partial charge on any atom is 0.191 e. The number of benzene rings is 2. The van der Waals surface area contributed by atoms with Crippen LogP contribution in [-0.2, 0) is 16.0 Å². The van der Waals surface area contributed by atoms with Crippen molar-refractivity contribution in [3.63, 3.8) is 0 Å². The highest BCUT2D eigenvalue weighted by molar-refractivity contribution is 5.79. The highest BCUT2D eigenvalue weighted by atomic mass is 16.5. The molecule has 2 rings (SSSR count). The number of nitrogens with one attached hydrogen (secondary N) is 2. The summed E-state index contributed by atoms with van der Waals surface area (Å²) >= 11 is 0. The first-order valence-electron chi connectivity index (χ1n) is 9.40. The van der Waals surface area contributed by atoms with Crippen molar-refractivity contribution in [2.75, 3.05) is 40.5 Å². The summed E-state index contributed by atoms with van der Waals surface area (Å²) in [6.07, 6.45) is 0.924. The molecule has 27 heavy (non-hydrogen) atoms. The summed E-state index contributed by atoms with van der Waals surface area (Å²) in [5.74, 6) is 0.799. The van der Waals surface area contributed by atoms with Crippen molar-refractivity contribution in [3.8, 4) is 11.1 Å². The fourth-order valence-corrected chi connectivity index (χ4v) is 2.72. The summed E-state index contributed by atoms with van der Waals surface area (Å²) in [4.78, 5) is 4.28. The van der Waals surface area contributed by atoms with Gasteiger partial charge < -0.3 is 20.1 Å². The standard InChI is InChI=1S/C22H31N3O2/c1-18-7-4-9-20(15-18)21-10-5-8-19(16-21)17-25-22(23-2)24-11-6-12-27-14-13-26-3/h4-5,7-10,15-16H,6,11-14,17H2,1-3H3,(H2,23,24,25). The summed E-state index contributed by atoms with van der Waals surface area (Å²) in [7, 11) is 3.46. The molecule has 0 spiro atoms. The van der Waals surface area contributed by atoms with Gasteiger partial charge in [0.15, 0.2) is 5.96 Å². The van der Waals surface area contributed by atoms with Crippen LogP contribution in [0.1, 0.15) is 17.5 Å². The predicted molar refractivity (Wildman–Crippen MR) is 112 cm³/mol. The maximum absolute atomic E-state index is 5.46. The van der Waals surface area contributed by atoms with Crippen LogP contribution in [0.4, 0.5) is 0 Å². The van der Waals surface area contributed by atoms with Crippen LogP contribution in [0.3, 0.4) is 0 Å². The van der Waals surface area contributed by atoms with E-state index < -0.39 is 0 Å². The van der Waals surface area contributed by atoms with Gasteiger partial charge in [-0.05, 0) is 36.1 Å². The molecule has 0 unspecified atom stereocenters. The number of methoxy groups -OCH3 is 1. The van der Waals surface area contributed by atoms with Crippen molar-refractivity contribution in [1.29, 1.82) is 0 Å². The molecule has 0 aromatic heterocycles. The van der Waals surface area contributed by atoms with Gasteiger partial charge in [-0.15, -0.1) is 0 Å². The lowest BCUT2D eigenvalue weighted by atomic mass is 10.0. The lowest BCUT2D eigenvalue weighted by molar-refractivity contribution is 0.0698. The van der Waals surface area contributed by atoms with Gasteiger partial charge in [0, 0.05) is 33.9 Å². The van der Waals surface area contributed by atoms with Gasteiger partial charge in [0.1, 0.15) is 0 Å². The highest BCUT2D eigenvalue weighted by Gasteiger charge is 2.02. The second-order valence-electron chi connectivity index (χ2n) is 6.38. The number of hydrogen-bond donors (Lipinski definition) is 2. The molecule has 0 fully saturated rings. The molecule has 0 radical (unpaired) electrons. The average molecular weight is 370 g/mol. The minimum atomic E-state index is 0.637. The molecular weight excluding hydrogens is 338 g/mol. The smallest absolute Gasteiger partial charge is 0.191 e. The molecule has 0 heterocycles. The summed E-state index contributed by atoms with van der Waals surface area (Å²) in [6.45, 7) is 5.65. The Hall–Kier alpha value is -2.37. The summed E-state index contributed by atoms with van der Waals surface area (Å²) in [5, 5.41) is 6.68. The van der Waals surface area contributed by atoms with Gasteiger partial charge in [-0.1, -0.05) is 48.0 Å². The number of aryl methyl sites for hydroxylation is 1. The van der Waals surface area contributed by atoms with E-state index in [1.165, 1.54) is 22.3 Å². The zero-order valence-electron chi connectivity index (χ0n) is 16.6. The van der Waals surface area contributed by atoms with E-state index in [1.54, 1.807) is 14.2 Å². The lowest BCUT2D eigenvalue weighted by Gasteiger charge is -2.13. The number of guanidine groups is 1. The maximum atomic E-state index is 5.46. The summed E-state index contributed by atoms with van der Waals surface area (Å²) < 4.78 is 10.4. The zero-order chi connectivity index (χ0) is 19.3. The van der Waals surface area contributed by atoms with Crippen molar-refractivity contribution in [2.45, 2.75) is 19.9 Å². The third kappa shape index (κ3) is 7.81. The van der Waals surface area contributed by atoms with Gasteiger partial charge in [-0.2, -0.15) is 0 Å². The molecule has 5 nitrogen and oxygen atoms in total. The SMILES string of the molecule is CN=C(NCCCOCCOC)NCc1cccc(-c2cccc(C)c2)c1. The normalized spacial score (nSPS) is 11.4. The molecule has 5 heteroatoms. The first-order valence-corrected chi connectivity index (χ1v) is 9.40. The third-order valence-corrected chi connectivity index (χ3v) is 4.15. The molecule has 0 saturated heterocycles. The largest absolute Gasteiger partial charge is 0.382 e. The van der Waals surface area contributed by atoms with Crippen molar-refractivity contribution in [3.05, 3.63) is 59.7 Å². The van der Waals surface area contributed by atoms with Crippen molar-refractivity contribution in [1.82, 2.24) is 10.6 Å². The fourth-order valence-electron chi connectivity index (χ4n) is 2.72. The topological polar surface area (TPSA) is 54.9 Å². The first-order chi connectivity index (χ1) is 13.2. The van der Waals surface area contributed by atoms with Crippen LogP contribution in [-0.4, -0.2) is 46.5 Å². The molecular formula is C22H31N3O2. The Labute approximate surface area is 162 Å². The number of aliphatic imine (C=N–C) groups is 1. The highest BCUT2D eigenvalue weighted by Crippen LogP contribution is 2.21. The second kappa shape index (κ2) is 12.1. The molecule has 0 atom stereocenters. The molecule has 0 aliphatic rings. The van der Waals surface area contributed by atoms with Crippen molar-refractivity contribution >= 4 is 5.96 Å². The van der Waals surface area contributed by atoms with E-state index >= 15 is 0 Å². The van der Waals surface area contributed by atoms with E-state index in [0.29, 0.717) is 19.8 Å². The minimum absolute atomic E-state index is 0.637. The van der Waals surface area contributed by atoms with Gasteiger partial charge in [-0.3, -0.25) is 4.99 Å². The van der Waals surface area contributed by atoms with Crippen LogP contribution in [0.15, 0.2) is 53.5 Å². The van der Waals surface area contributed by atoms with Gasteiger partial charge in [0.2, 0.25) is 0 Å². The Balaban J connectivity index is 1.78. The van der Waals surface area contributed by atoms with E-state index in [9.17, 15) is 0 Å². The van der Waals surface area contributed by atoms with Crippen molar-refractivity contribution in [2.24, 2.45) is 4.99 Å². The minimum Gasteiger partial charge on any atom is -0.382 e. The number of ether oxygens (including phenoxy) is 2. The summed E-state index contributed by atoms with van der Waals surface area (Å²) in [6, 6.07) is 17.2. The molecule has 2 N–H and O–H groups in total. The Morgan fingerprint density at radius 2 is 1.74 bits per heavy atom. The lowest BCUT2D eigenvalue weighted by Crippen LogP contribution is -2.37. The zero-order valence-corrected chi connectivity index (χ0v) is 16.6. The van der Waals surface area contributed by atoms with Crippen LogP contribution in [0.2, 0.25) is 0 Å². The molecule has 146 valence electrons. The van der Waals surface area contributed by atoms with E-state index in [2.05, 4.69) is 71.1 Å². The van der Waals surface area contributed by atoms with Gasteiger partial charge >= 0.3 is 0 Å². The molecule has 2 aromatic carbocycles. The number of hydrogen-bond acceptors (Lipinski definition) is 3. The fraction of sp³-hybridized carbons (Fsp3) is 0.409. The molecule has 0 aliphatic carbocycles. The van der Waals surface area contributed by atoms with E-state index in [1.807, 2.05) is 0 Å². The molecule has 0 bridgehead atoms. The monoisotopic (exact) mass is 369 g/mol. The summed E-state index contributed by atoms with van der Waals surface area (Å²) in [5.41, 5.74) is 4.97. The Kier molecular flexibility index (Phi) is 9.38. The van der Waals surface area contributed by atoms with Crippen LogP contribution < -0.4 is 10.6 Å². The van der Waals surface area contributed by atoms with Gasteiger partial charge in [-0.25, -0.2) is 0 Å². The van der Waals surface area contributed by atoms with E-state index in [4.69, 9.17) is 9.47 Å². The Bertz CT molecular complexity index is 716. The predicted octanol–water partition coefficient (Wildman–Crippen LogP) is 3.38. The van der Waals surface area contributed by atoms with Crippen LogP contribution in [0.5, 0.6) is 0 Å². The molecule has 0 amide bonds. The van der Waals surface area contributed by atoms with E-state index in [0.717, 1.165) is 25.5 Å². The first kappa shape index (κ1) is 20.9. The number of rotatable bonds is 10. The van der Waals surface area contributed by atoms with Crippen LogP contribution >= 0.6 is 0 Å². The molecule has 2 aromatic rings. The average Bonchev–Trinajstić information content (AvgIpc) is 2.70. The second-order valence-corrected chi connectivity index (χ2v) is 6.38. The van der Waals surface area contributed by atoms with E-state index in [-0.39, 0.29) is 0 Å². The molecule has 0 saturated carbocycles. The quantitative estimate of drug-likeness (QED) is 0.383.